The Morgan fingerprint density at radius 3 is 2.35 bits per heavy atom. The molecule has 0 saturated carbocycles. The number of para-hydroxylation sites is 2. The standard InChI is InChI=1S/C16H14O4/c1-19-11-14(16(17)18)13-9-5-6-10-15(13)20-12-7-3-2-4-8-12/h2-11H,1H3,(H,17,18)/b14-11+. The van der Waals surface area contributed by atoms with Gasteiger partial charge in [0.15, 0.2) is 0 Å². The van der Waals surface area contributed by atoms with E-state index in [0.29, 0.717) is 17.1 Å². The van der Waals surface area contributed by atoms with Crippen molar-refractivity contribution in [2.24, 2.45) is 0 Å². The van der Waals surface area contributed by atoms with Gasteiger partial charge in [-0.15, -0.1) is 0 Å². The van der Waals surface area contributed by atoms with E-state index < -0.39 is 5.97 Å². The summed E-state index contributed by atoms with van der Waals surface area (Å²) in [6.45, 7) is 0. The van der Waals surface area contributed by atoms with Gasteiger partial charge in [-0.25, -0.2) is 4.79 Å². The Bertz CT molecular complexity index is 617. The van der Waals surface area contributed by atoms with E-state index in [2.05, 4.69) is 0 Å². The second-order valence-electron chi connectivity index (χ2n) is 3.98. The minimum Gasteiger partial charge on any atom is -0.503 e. The van der Waals surface area contributed by atoms with Gasteiger partial charge in [-0.2, -0.15) is 0 Å². The van der Waals surface area contributed by atoms with Crippen LogP contribution in [0.5, 0.6) is 11.5 Å². The smallest absolute Gasteiger partial charge is 0.339 e. The maximum Gasteiger partial charge on any atom is 0.339 e. The van der Waals surface area contributed by atoms with Crippen molar-refractivity contribution in [2.75, 3.05) is 7.11 Å². The Hall–Kier alpha value is -2.75. The Morgan fingerprint density at radius 1 is 1.05 bits per heavy atom. The summed E-state index contributed by atoms with van der Waals surface area (Å²) in [5, 5.41) is 9.24. The predicted molar refractivity (Wildman–Crippen MR) is 75.6 cm³/mol. The molecule has 20 heavy (non-hydrogen) atoms. The van der Waals surface area contributed by atoms with Crippen molar-refractivity contribution in [3.05, 3.63) is 66.4 Å². The fraction of sp³-hybridized carbons (Fsp3) is 0.0625. The maximum absolute atomic E-state index is 11.3. The molecule has 4 heteroatoms. The van der Waals surface area contributed by atoms with E-state index in [1.54, 1.807) is 36.4 Å². The molecule has 2 aromatic carbocycles. The third-order valence-electron chi connectivity index (χ3n) is 2.61. The molecule has 0 saturated heterocycles. The number of hydrogen-bond acceptors (Lipinski definition) is 3. The topological polar surface area (TPSA) is 55.8 Å². The monoisotopic (exact) mass is 270 g/mol. The van der Waals surface area contributed by atoms with Gasteiger partial charge in [0, 0.05) is 5.56 Å². The van der Waals surface area contributed by atoms with Gasteiger partial charge in [-0.1, -0.05) is 36.4 Å². The summed E-state index contributed by atoms with van der Waals surface area (Å²) in [4.78, 5) is 11.3. The number of hydrogen-bond donors (Lipinski definition) is 1. The van der Waals surface area contributed by atoms with Crippen molar-refractivity contribution < 1.29 is 19.4 Å². The van der Waals surface area contributed by atoms with Gasteiger partial charge in [0.2, 0.25) is 0 Å². The van der Waals surface area contributed by atoms with Crippen molar-refractivity contribution in [1.82, 2.24) is 0 Å². The first-order chi connectivity index (χ1) is 9.72. The van der Waals surface area contributed by atoms with Gasteiger partial charge in [-0.3, -0.25) is 0 Å². The summed E-state index contributed by atoms with van der Waals surface area (Å²) in [6, 6.07) is 16.1. The molecule has 0 radical (unpaired) electrons. The third kappa shape index (κ3) is 3.17. The lowest BCUT2D eigenvalue weighted by Gasteiger charge is -2.11. The van der Waals surface area contributed by atoms with Crippen LogP contribution in [0.15, 0.2) is 60.9 Å². The number of rotatable bonds is 5. The fourth-order valence-corrected chi connectivity index (χ4v) is 1.74. The summed E-state index contributed by atoms with van der Waals surface area (Å²) in [7, 11) is 1.41. The summed E-state index contributed by atoms with van der Waals surface area (Å²) in [5.41, 5.74) is 0.504. The molecule has 0 aliphatic heterocycles. The molecule has 102 valence electrons. The van der Waals surface area contributed by atoms with Gasteiger partial charge in [-0.05, 0) is 18.2 Å². The predicted octanol–water partition coefficient (Wildman–Crippen LogP) is 3.55. The highest BCUT2D eigenvalue weighted by Gasteiger charge is 2.16. The molecular formula is C16H14O4. The van der Waals surface area contributed by atoms with E-state index in [1.165, 1.54) is 13.4 Å². The molecule has 2 aromatic rings. The van der Waals surface area contributed by atoms with Crippen LogP contribution < -0.4 is 4.74 Å². The Balaban J connectivity index is 2.40. The third-order valence-corrected chi connectivity index (χ3v) is 2.61. The van der Waals surface area contributed by atoms with Crippen molar-refractivity contribution >= 4 is 11.5 Å². The highest BCUT2D eigenvalue weighted by atomic mass is 16.5. The molecule has 0 bridgehead atoms. The van der Waals surface area contributed by atoms with Crippen molar-refractivity contribution in [2.45, 2.75) is 0 Å². The molecular weight excluding hydrogens is 256 g/mol. The molecule has 0 fully saturated rings. The van der Waals surface area contributed by atoms with E-state index in [1.807, 2.05) is 18.2 Å². The van der Waals surface area contributed by atoms with Gasteiger partial charge >= 0.3 is 5.97 Å². The zero-order valence-corrected chi connectivity index (χ0v) is 10.9. The van der Waals surface area contributed by atoms with Crippen LogP contribution in [0, 0.1) is 0 Å². The Kier molecular flexibility index (Phi) is 4.39. The first-order valence-electron chi connectivity index (χ1n) is 6.01. The summed E-state index contributed by atoms with van der Waals surface area (Å²) >= 11 is 0. The zero-order chi connectivity index (χ0) is 14.4. The number of benzene rings is 2. The van der Waals surface area contributed by atoms with E-state index >= 15 is 0 Å². The number of aliphatic carboxylic acids is 1. The highest BCUT2D eigenvalue weighted by Crippen LogP contribution is 2.30. The molecule has 0 aliphatic carbocycles. The molecule has 0 spiro atoms. The quantitative estimate of drug-likeness (QED) is 0.666. The molecule has 0 aliphatic rings. The lowest BCUT2D eigenvalue weighted by Crippen LogP contribution is -2.02. The largest absolute Gasteiger partial charge is 0.503 e. The molecule has 0 atom stereocenters. The first kappa shape index (κ1) is 13.7. The van der Waals surface area contributed by atoms with E-state index in [-0.39, 0.29) is 5.57 Å². The number of ether oxygens (including phenoxy) is 2. The van der Waals surface area contributed by atoms with Crippen LogP contribution in [0.1, 0.15) is 5.56 Å². The van der Waals surface area contributed by atoms with E-state index in [9.17, 15) is 9.90 Å². The molecule has 0 heterocycles. The van der Waals surface area contributed by atoms with Crippen LogP contribution in [-0.4, -0.2) is 18.2 Å². The molecule has 1 N–H and O–H groups in total. The normalized spacial score (nSPS) is 10.9. The molecule has 0 aromatic heterocycles. The van der Waals surface area contributed by atoms with E-state index in [0.717, 1.165) is 0 Å². The second-order valence-corrected chi connectivity index (χ2v) is 3.98. The summed E-state index contributed by atoms with van der Waals surface area (Å²) in [6.07, 6.45) is 1.19. The molecule has 0 amide bonds. The van der Waals surface area contributed by atoms with Crippen molar-refractivity contribution in [1.29, 1.82) is 0 Å². The van der Waals surface area contributed by atoms with Crippen LogP contribution in [0.2, 0.25) is 0 Å². The highest BCUT2D eigenvalue weighted by molar-refractivity contribution is 6.15. The Labute approximate surface area is 116 Å². The Morgan fingerprint density at radius 2 is 1.70 bits per heavy atom. The van der Waals surface area contributed by atoms with Crippen LogP contribution >= 0.6 is 0 Å². The minimum absolute atomic E-state index is 0.0408. The summed E-state index contributed by atoms with van der Waals surface area (Å²) < 4.78 is 10.6. The van der Waals surface area contributed by atoms with Gasteiger partial charge in [0.05, 0.1) is 13.4 Å². The van der Waals surface area contributed by atoms with Gasteiger partial charge < -0.3 is 14.6 Å². The van der Waals surface area contributed by atoms with Crippen LogP contribution in [-0.2, 0) is 9.53 Å². The number of carboxylic acid groups (broad SMARTS) is 1. The first-order valence-corrected chi connectivity index (χ1v) is 6.01. The average Bonchev–Trinajstić information content (AvgIpc) is 2.46. The van der Waals surface area contributed by atoms with Gasteiger partial charge in [0.1, 0.15) is 17.1 Å². The van der Waals surface area contributed by atoms with Crippen LogP contribution in [0.4, 0.5) is 0 Å². The number of carbonyl (C=O) groups is 1. The molecule has 0 unspecified atom stereocenters. The average molecular weight is 270 g/mol. The molecule has 2 rings (SSSR count). The number of carboxylic acids is 1. The van der Waals surface area contributed by atoms with Gasteiger partial charge in [0.25, 0.3) is 0 Å². The van der Waals surface area contributed by atoms with Crippen LogP contribution in [0.3, 0.4) is 0 Å². The molecule has 4 nitrogen and oxygen atoms in total. The van der Waals surface area contributed by atoms with Crippen LogP contribution in [0.25, 0.3) is 5.57 Å². The van der Waals surface area contributed by atoms with Crippen molar-refractivity contribution in [3.63, 3.8) is 0 Å². The second kappa shape index (κ2) is 6.43. The minimum atomic E-state index is -1.07. The summed E-state index contributed by atoms with van der Waals surface area (Å²) in [5.74, 6) is 0.0301. The maximum atomic E-state index is 11.3. The van der Waals surface area contributed by atoms with E-state index in [4.69, 9.17) is 9.47 Å². The lowest BCUT2D eigenvalue weighted by molar-refractivity contribution is -0.130. The lowest BCUT2D eigenvalue weighted by atomic mass is 10.1. The SMILES string of the molecule is CO/C=C(/C(=O)O)c1ccccc1Oc1ccccc1. The zero-order valence-electron chi connectivity index (χ0n) is 10.9. The fourth-order valence-electron chi connectivity index (χ4n) is 1.74. The number of methoxy groups -OCH3 is 1. The van der Waals surface area contributed by atoms with Crippen molar-refractivity contribution in [3.8, 4) is 11.5 Å².